The van der Waals surface area contributed by atoms with Crippen molar-refractivity contribution in [1.82, 2.24) is 0 Å². The van der Waals surface area contributed by atoms with Crippen LogP contribution in [0.3, 0.4) is 0 Å². The maximum Gasteiger partial charge on any atom is 0.307 e. The van der Waals surface area contributed by atoms with Crippen LogP contribution in [0, 0.1) is 23.2 Å². The number of carbonyl (C=O) groups excluding carboxylic acids is 1. The fourth-order valence-corrected chi connectivity index (χ4v) is 1.55. The molecule has 0 saturated heterocycles. The Balaban J connectivity index is 2.91. The van der Waals surface area contributed by atoms with Gasteiger partial charge in [0, 0.05) is 12.0 Å². The minimum absolute atomic E-state index is 0.354. The number of hydrogen-bond acceptors (Lipinski definition) is 4. The second kappa shape index (κ2) is 6.57. The van der Waals surface area contributed by atoms with Crippen molar-refractivity contribution >= 4 is 17.6 Å². The van der Waals surface area contributed by atoms with Gasteiger partial charge >= 0.3 is 5.97 Å². The predicted molar refractivity (Wildman–Crippen MR) is 72.3 cm³/mol. The van der Waals surface area contributed by atoms with E-state index in [4.69, 9.17) is 15.1 Å². The molecule has 2 unspecified atom stereocenters. The van der Waals surface area contributed by atoms with Crippen LogP contribution in [0.5, 0.6) is 5.75 Å². The van der Waals surface area contributed by atoms with Crippen molar-refractivity contribution in [3.8, 4) is 11.8 Å². The zero-order valence-corrected chi connectivity index (χ0v) is 11.5. The maximum absolute atomic E-state index is 12.0. The van der Waals surface area contributed by atoms with Crippen molar-refractivity contribution < 1.29 is 19.4 Å². The number of amides is 1. The molecule has 20 heavy (non-hydrogen) atoms. The van der Waals surface area contributed by atoms with E-state index < -0.39 is 23.7 Å². The van der Waals surface area contributed by atoms with E-state index in [1.807, 2.05) is 6.07 Å². The van der Waals surface area contributed by atoms with Gasteiger partial charge in [-0.05, 0) is 12.1 Å². The minimum Gasteiger partial charge on any atom is -0.495 e. The van der Waals surface area contributed by atoms with Crippen LogP contribution in [0.15, 0.2) is 18.2 Å². The van der Waals surface area contributed by atoms with Gasteiger partial charge in [-0.3, -0.25) is 9.59 Å². The Bertz CT molecular complexity index is 563. The second-order valence-corrected chi connectivity index (χ2v) is 4.43. The molecular formula is C14H16N2O4. The number of nitriles is 1. The lowest BCUT2D eigenvalue weighted by atomic mass is 9.95. The second-order valence-electron chi connectivity index (χ2n) is 4.43. The van der Waals surface area contributed by atoms with Crippen molar-refractivity contribution in [2.75, 3.05) is 12.4 Å². The summed E-state index contributed by atoms with van der Waals surface area (Å²) in [6.07, 6.45) is 0. The first-order valence-corrected chi connectivity index (χ1v) is 6.02. The molecule has 0 aliphatic rings. The first-order valence-electron chi connectivity index (χ1n) is 6.02. The molecule has 1 rings (SSSR count). The van der Waals surface area contributed by atoms with E-state index in [0.29, 0.717) is 17.0 Å². The fraction of sp³-hybridized carbons (Fsp3) is 0.357. The van der Waals surface area contributed by atoms with E-state index in [1.165, 1.54) is 20.1 Å². The van der Waals surface area contributed by atoms with Crippen molar-refractivity contribution in [3.63, 3.8) is 0 Å². The molecule has 6 nitrogen and oxygen atoms in total. The Morgan fingerprint density at radius 2 is 2.00 bits per heavy atom. The highest BCUT2D eigenvalue weighted by Gasteiger charge is 2.26. The Morgan fingerprint density at radius 1 is 1.35 bits per heavy atom. The van der Waals surface area contributed by atoms with Crippen LogP contribution in [-0.2, 0) is 9.59 Å². The third kappa shape index (κ3) is 3.48. The van der Waals surface area contributed by atoms with Crippen LogP contribution >= 0.6 is 0 Å². The summed E-state index contributed by atoms with van der Waals surface area (Å²) in [6.45, 7) is 3.02. The first-order chi connectivity index (χ1) is 9.40. The molecule has 2 N–H and O–H groups in total. The van der Waals surface area contributed by atoms with Crippen molar-refractivity contribution in [2.24, 2.45) is 11.8 Å². The number of rotatable bonds is 5. The number of carboxylic acids is 1. The molecule has 0 fully saturated rings. The number of nitrogens with one attached hydrogen (secondary N) is 1. The molecule has 1 aromatic rings. The molecule has 0 bridgehead atoms. The summed E-state index contributed by atoms with van der Waals surface area (Å²) >= 11 is 0. The third-order valence-electron chi connectivity index (χ3n) is 3.14. The molecule has 0 radical (unpaired) electrons. The van der Waals surface area contributed by atoms with Crippen molar-refractivity contribution in [1.29, 1.82) is 5.26 Å². The Morgan fingerprint density at radius 3 is 2.50 bits per heavy atom. The summed E-state index contributed by atoms with van der Waals surface area (Å²) in [6, 6.07) is 6.56. The summed E-state index contributed by atoms with van der Waals surface area (Å²) in [5, 5.41) is 20.3. The SMILES string of the molecule is COc1cc(C#N)ccc1NC(=O)C(C)C(C)C(=O)O. The summed E-state index contributed by atoms with van der Waals surface area (Å²) in [4.78, 5) is 22.8. The molecule has 106 valence electrons. The summed E-state index contributed by atoms with van der Waals surface area (Å²) in [5.41, 5.74) is 0.813. The highest BCUT2D eigenvalue weighted by molar-refractivity contribution is 5.96. The smallest absolute Gasteiger partial charge is 0.307 e. The summed E-state index contributed by atoms with van der Waals surface area (Å²) in [7, 11) is 1.43. The van der Waals surface area contributed by atoms with Crippen LogP contribution in [0.2, 0.25) is 0 Å². The third-order valence-corrected chi connectivity index (χ3v) is 3.14. The molecule has 1 aromatic carbocycles. The molecule has 1 amide bonds. The fourth-order valence-electron chi connectivity index (χ4n) is 1.55. The predicted octanol–water partition coefficient (Wildman–Crippen LogP) is 1.86. The first kappa shape index (κ1) is 15.5. The number of methoxy groups -OCH3 is 1. The molecule has 0 aromatic heterocycles. The van der Waals surface area contributed by atoms with Crippen molar-refractivity contribution in [2.45, 2.75) is 13.8 Å². The molecule has 2 atom stereocenters. The maximum atomic E-state index is 12.0. The van der Waals surface area contributed by atoms with Gasteiger partial charge in [-0.15, -0.1) is 0 Å². The van der Waals surface area contributed by atoms with Gasteiger partial charge in [-0.25, -0.2) is 0 Å². The zero-order valence-electron chi connectivity index (χ0n) is 11.5. The quantitative estimate of drug-likeness (QED) is 0.855. The Hall–Kier alpha value is -2.55. The van der Waals surface area contributed by atoms with Gasteiger partial charge in [0.15, 0.2) is 0 Å². The van der Waals surface area contributed by atoms with Gasteiger partial charge < -0.3 is 15.2 Å². The number of nitrogens with zero attached hydrogens (tertiary/aromatic N) is 1. The van der Waals surface area contributed by atoms with Gasteiger partial charge in [0.2, 0.25) is 5.91 Å². The number of anilines is 1. The average Bonchev–Trinajstić information content (AvgIpc) is 2.45. The zero-order chi connectivity index (χ0) is 15.3. The molecule has 0 spiro atoms. The monoisotopic (exact) mass is 276 g/mol. The standard InChI is InChI=1S/C14H16N2O4/c1-8(9(2)14(18)19)13(17)16-11-5-4-10(7-15)6-12(11)20-3/h4-6,8-9H,1-3H3,(H,16,17)(H,18,19). The number of carboxylic acid groups (broad SMARTS) is 1. The normalized spacial score (nSPS) is 12.9. The van der Waals surface area contributed by atoms with E-state index in [2.05, 4.69) is 5.32 Å². The van der Waals surface area contributed by atoms with Gasteiger partial charge in [0.1, 0.15) is 5.75 Å². The summed E-state index contributed by atoms with van der Waals surface area (Å²) < 4.78 is 5.09. The number of carbonyl (C=O) groups is 2. The number of aliphatic carboxylic acids is 1. The molecule has 0 aliphatic heterocycles. The van der Waals surface area contributed by atoms with Gasteiger partial charge in [-0.2, -0.15) is 5.26 Å². The van der Waals surface area contributed by atoms with E-state index >= 15 is 0 Å². The number of hydrogen-bond donors (Lipinski definition) is 2. The lowest BCUT2D eigenvalue weighted by Crippen LogP contribution is -2.30. The van der Waals surface area contributed by atoms with Crippen LogP contribution in [0.4, 0.5) is 5.69 Å². The number of ether oxygens (including phenoxy) is 1. The summed E-state index contributed by atoms with van der Waals surface area (Å²) in [5.74, 6) is -2.57. The van der Waals surface area contributed by atoms with Crippen LogP contribution in [-0.4, -0.2) is 24.1 Å². The highest BCUT2D eigenvalue weighted by Crippen LogP contribution is 2.26. The Labute approximate surface area is 117 Å². The molecular weight excluding hydrogens is 260 g/mol. The molecule has 0 aliphatic carbocycles. The number of benzene rings is 1. The molecule has 0 saturated carbocycles. The van der Waals surface area contributed by atoms with E-state index in [9.17, 15) is 9.59 Å². The van der Waals surface area contributed by atoms with Crippen molar-refractivity contribution in [3.05, 3.63) is 23.8 Å². The molecule has 0 heterocycles. The van der Waals surface area contributed by atoms with E-state index in [0.717, 1.165) is 0 Å². The average molecular weight is 276 g/mol. The van der Waals surface area contributed by atoms with Gasteiger partial charge in [-0.1, -0.05) is 13.8 Å². The van der Waals surface area contributed by atoms with Gasteiger partial charge in [0.25, 0.3) is 0 Å². The van der Waals surface area contributed by atoms with E-state index in [1.54, 1.807) is 19.1 Å². The lowest BCUT2D eigenvalue weighted by molar-refractivity contribution is -0.145. The van der Waals surface area contributed by atoms with Gasteiger partial charge in [0.05, 0.1) is 30.3 Å². The minimum atomic E-state index is -1.03. The topological polar surface area (TPSA) is 99.4 Å². The van der Waals surface area contributed by atoms with Crippen LogP contribution in [0.25, 0.3) is 0 Å². The lowest BCUT2D eigenvalue weighted by Gasteiger charge is -2.17. The Kier molecular flexibility index (Phi) is 5.09. The van der Waals surface area contributed by atoms with Crippen LogP contribution < -0.4 is 10.1 Å². The van der Waals surface area contributed by atoms with E-state index in [-0.39, 0.29) is 0 Å². The molecule has 6 heteroatoms. The largest absolute Gasteiger partial charge is 0.495 e. The highest BCUT2D eigenvalue weighted by atomic mass is 16.5. The van der Waals surface area contributed by atoms with Crippen LogP contribution in [0.1, 0.15) is 19.4 Å².